The van der Waals surface area contributed by atoms with Crippen LogP contribution < -0.4 is 14.2 Å². The van der Waals surface area contributed by atoms with Crippen molar-refractivity contribution < 1.29 is 14.2 Å². The van der Waals surface area contributed by atoms with Crippen LogP contribution in [0.15, 0.2) is 42.5 Å². The van der Waals surface area contributed by atoms with Gasteiger partial charge >= 0.3 is 0 Å². The zero-order chi connectivity index (χ0) is 14.8. The molecular formula is C16H14Cl2O3. The molecule has 1 aliphatic heterocycles. The molecule has 0 aromatic heterocycles. The number of hydrogen-bond acceptors (Lipinski definition) is 3. The second kappa shape index (κ2) is 6.04. The highest BCUT2D eigenvalue weighted by Gasteiger charge is 2.30. The second-order valence-corrected chi connectivity index (χ2v) is 5.58. The first-order valence-corrected chi connectivity index (χ1v) is 7.36. The van der Waals surface area contributed by atoms with Gasteiger partial charge in [0, 0.05) is 5.02 Å². The highest BCUT2D eigenvalue weighted by Crippen LogP contribution is 2.39. The zero-order valence-electron chi connectivity index (χ0n) is 11.4. The minimum atomic E-state index is -0.406. The summed E-state index contributed by atoms with van der Waals surface area (Å²) in [5.41, 5.74) is 0.798. The Balaban J connectivity index is 1.82. The van der Waals surface area contributed by atoms with Gasteiger partial charge in [-0.3, -0.25) is 0 Å². The Kier molecular flexibility index (Phi) is 4.13. The van der Waals surface area contributed by atoms with Gasteiger partial charge in [0.15, 0.2) is 17.6 Å². The lowest BCUT2D eigenvalue weighted by Crippen LogP contribution is -2.32. The van der Waals surface area contributed by atoms with Crippen molar-refractivity contribution >= 4 is 23.2 Å². The quantitative estimate of drug-likeness (QED) is 0.780. The molecule has 0 amide bonds. The number of ether oxygens (including phenoxy) is 3. The van der Waals surface area contributed by atoms with E-state index >= 15 is 0 Å². The fourth-order valence-corrected chi connectivity index (χ4v) is 2.90. The van der Waals surface area contributed by atoms with E-state index in [2.05, 4.69) is 0 Å². The lowest BCUT2D eigenvalue weighted by Gasteiger charge is -2.29. The average molecular weight is 325 g/mol. The summed E-state index contributed by atoms with van der Waals surface area (Å²) in [5, 5.41) is 0.147. The van der Waals surface area contributed by atoms with Gasteiger partial charge in [-0.25, -0.2) is 0 Å². The van der Waals surface area contributed by atoms with Gasteiger partial charge in [-0.15, -0.1) is 11.6 Å². The summed E-state index contributed by atoms with van der Waals surface area (Å²) in [6.07, 6.45) is -0.299. The minimum Gasteiger partial charge on any atom is -0.497 e. The highest BCUT2D eigenvalue weighted by molar-refractivity contribution is 6.33. The van der Waals surface area contributed by atoms with Crippen molar-refractivity contribution in [3.8, 4) is 17.2 Å². The molecular weight excluding hydrogens is 311 g/mol. The fourth-order valence-electron chi connectivity index (χ4n) is 2.24. The summed E-state index contributed by atoms with van der Waals surface area (Å²) >= 11 is 12.8. The number of halogens is 2. The molecule has 0 spiro atoms. The van der Waals surface area contributed by atoms with Gasteiger partial charge in [-0.1, -0.05) is 29.8 Å². The molecule has 110 valence electrons. The van der Waals surface area contributed by atoms with Crippen LogP contribution in [-0.2, 0) is 0 Å². The van der Waals surface area contributed by atoms with E-state index in [0.29, 0.717) is 23.1 Å². The Hall–Kier alpha value is -1.58. The molecule has 3 nitrogen and oxygen atoms in total. The molecule has 2 aromatic rings. The molecule has 0 bridgehead atoms. The number of alkyl halides is 1. The van der Waals surface area contributed by atoms with Crippen molar-refractivity contribution in [2.45, 2.75) is 11.5 Å². The van der Waals surface area contributed by atoms with Crippen molar-refractivity contribution in [3.05, 3.63) is 53.1 Å². The van der Waals surface area contributed by atoms with Crippen molar-refractivity contribution in [1.29, 1.82) is 0 Å². The Morgan fingerprint density at radius 3 is 2.67 bits per heavy atom. The maximum absolute atomic E-state index is 6.52. The number of methoxy groups -OCH3 is 1. The summed E-state index contributed by atoms with van der Waals surface area (Å²) in [6, 6.07) is 13.0. The van der Waals surface area contributed by atoms with Gasteiger partial charge in [0.2, 0.25) is 0 Å². The minimum absolute atomic E-state index is 0.299. The third-order valence-corrected chi connectivity index (χ3v) is 4.21. The molecule has 2 aromatic carbocycles. The predicted molar refractivity (Wildman–Crippen MR) is 83.0 cm³/mol. The number of rotatable bonds is 3. The standard InChI is InChI=1S/C16H14Cl2O3/c1-19-10-6-7-11(12(17)8-10)16(18)15-9-20-13-4-2-3-5-14(13)21-15/h2-8,15-16H,9H2,1H3. The molecule has 1 aliphatic rings. The summed E-state index contributed by atoms with van der Waals surface area (Å²) < 4.78 is 16.7. The van der Waals surface area contributed by atoms with Crippen LogP contribution in [0, 0.1) is 0 Å². The monoisotopic (exact) mass is 324 g/mol. The Morgan fingerprint density at radius 2 is 1.95 bits per heavy atom. The number of para-hydroxylation sites is 2. The summed E-state index contributed by atoms with van der Waals surface area (Å²) in [7, 11) is 1.60. The van der Waals surface area contributed by atoms with Gasteiger partial charge in [-0.05, 0) is 29.8 Å². The van der Waals surface area contributed by atoms with E-state index in [1.54, 1.807) is 13.2 Å². The summed E-state index contributed by atoms with van der Waals surface area (Å²) in [6.45, 7) is 0.382. The van der Waals surface area contributed by atoms with Gasteiger partial charge in [-0.2, -0.15) is 0 Å². The fraction of sp³-hybridized carbons (Fsp3) is 0.250. The third-order valence-electron chi connectivity index (χ3n) is 3.36. The summed E-state index contributed by atoms with van der Waals surface area (Å²) in [4.78, 5) is 0. The van der Waals surface area contributed by atoms with E-state index in [1.807, 2.05) is 36.4 Å². The highest BCUT2D eigenvalue weighted by atomic mass is 35.5. The smallest absolute Gasteiger partial charge is 0.161 e. The second-order valence-electron chi connectivity index (χ2n) is 4.70. The SMILES string of the molecule is COc1ccc(C(Cl)C2COc3ccccc3O2)c(Cl)c1. The van der Waals surface area contributed by atoms with Gasteiger partial charge < -0.3 is 14.2 Å². The maximum atomic E-state index is 6.52. The normalized spacial score (nSPS) is 18.1. The molecule has 0 saturated heterocycles. The van der Waals surface area contributed by atoms with Crippen molar-refractivity contribution in [2.75, 3.05) is 13.7 Å². The van der Waals surface area contributed by atoms with Crippen LogP contribution in [-0.4, -0.2) is 19.8 Å². The largest absolute Gasteiger partial charge is 0.497 e. The average Bonchev–Trinajstić information content (AvgIpc) is 2.53. The summed E-state index contributed by atoms with van der Waals surface area (Å²) in [5.74, 6) is 2.13. The number of fused-ring (bicyclic) bond motifs is 1. The molecule has 0 N–H and O–H groups in total. The molecule has 5 heteroatoms. The zero-order valence-corrected chi connectivity index (χ0v) is 12.9. The lowest BCUT2D eigenvalue weighted by atomic mass is 10.1. The van der Waals surface area contributed by atoms with E-state index in [4.69, 9.17) is 37.4 Å². The first-order valence-electron chi connectivity index (χ1n) is 6.55. The molecule has 2 unspecified atom stereocenters. The van der Waals surface area contributed by atoms with E-state index in [1.165, 1.54) is 0 Å². The number of benzene rings is 2. The van der Waals surface area contributed by atoms with E-state index < -0.39 is 5.38 Å². The topological polar surface area (TPSA) is 27.7 Å². The first-order chi connectivity index (χ1) is 10.2. The molecule has 1 heterocycles. The van der Waals surface area contributed by atoms with Crippen LogP contribution >= 0.6 is 23.2 Å². The van der Waals surface area contributed by atoms with Gasteiger partial charge in [0.25, 0.3) is 0 Å². The molecule has 0 aliphatic carbocycles. The predicted octanol–water partition coefficient (Wildman–Crippen LogP) is 4.47. The Labute approximate surface area is 133 Å². The van der Waals surface area contributed by atoms with E-state index in [0.717, 1.165) is 11.3 Å². The lowest BCUT2D eigenvalue weighted by molar-refractivity contribution is 0.0877. The van der Waals surface area contributed by atoms with E-state index in [9.17, 15) is 0 Å². The Bertz CT molecular complexity index is 645. The third kappa shape index (κ3) is 2.89. The molecule has 0 radical (unpaired) electrons. The van der Waals surface area contributed by atoms with Gasteiger partial charge in [0.05, 0.1) is 7.11 Å². The number of hydrogen-bond donors (Lipinski definition) is 0. The van der Waals surface area contributed by atoms with Crippen LogP contribution in [0.1, 0.15) is 10.9 Å². The molecule has 0 fully saturated rings. The first kappa shape index (κ1) is 14.4. The van der Waals surface area contributed by atoms with Crippen LogP contribution in [0.2, 0.25) is 5.02 Å². The van der Waals surface area contributed by atoms with Crippen molar-refractivity contribution in [3.63, 3.8) is 0 Å². The molecule has 0 saturated carbocycles. The van der Waals surface area contributed by atoms with Crippen LogP contribution in [0.25, 0.3) is 0 Å². The van der Waals surface area contributed by atoms with Crippen LogP contribution in [0.3, 0.4) is 0 Å². The molecule has 21 heavy (non-hydrogen) atoms. The molecule has 2 atom stereocenters. The van der Waals surface area contributed by atoms with Crippen LogP contribution in [0.5, 0.6) is 17.2 Å². The van der Waals surface area contributed by atoms with E-state index in [-0.39, 0.29) is 6.10 Å². The van der Waals surface area contributed by atoms with Crippen molar-refractivity contribution in [2.24, 2.45) is 0 Å². The van der Waals surface area contributed by atoms with Gasteiger partial charge in [0.1, 0.15) is 17.7 Å². The maximum Gasteiger partial charge on any atom is 0.161 e. The van der Waals surface area contributed by atoms with Crippen molar-refractivity contribution in [1.82, 2.24) is 0 Å². The Morgan fingerprint density at radius 1 is 1.19 bits per heavy atom. The van der Waals surface area contributed by atoms with Crippen LogP contribution in [0.4, 0.5) is 0 Å². The molecule has 3 rings (SSSR count).